The van der Waals surface area contributed by atoms with Crippen molar-refractivity contribution in [2.24, 2.45) is 11.0 Å². The van der Waals surface area contributed by atoms with Gasteiger partial charge in [-0.05, 0) is 6.42 Å². The minimum atomic E-state index is -0.832. The van der Waals surface area contributed by atoms with Crippen molar-refractivity contribution in [2.45, 2.75) is 25.8 Å². The molecule has 98 valence electrons. The lowest BCUT2D eigenvalue weighted by atomic mass is 9.99. The second-order valence-electron chi connectivity index (χ2n) is 4.25. The molecule has 0 aliphatic carbocycles. The van der Waals surface area contributed by atoms with E-state index >= 15 is 0 Å². The van der Waals surface area contributed by atoms with E-state index in [2.05, 4.69) is 15.3 Å². The Bertz CT molecular complexity index is 432. The smallest absolute Gasteiger partial charge is 0.355 e. The summed E-state index contributed by atoms with van der Waals surface area (Å²) in [5.41, 5.74) is 2.53. The third-order valence-electron chi connectivity index (χ3n) is 3.15. The first-order chi connectivity index (χ1) is 8.61. The predicted molar refractivity (Wildman–Crippen MR) is 61.5 cm³/mol. The molecule has 0 aromatic heterocycles. The maximum absolute atomic E-state index is 12.1. The van der Waals surface area contributed by atoms with E-state index in [1.54, 1.807) is 0 Å². The molecule has 0 aromatic rings. The number of nitrogens with zero attached hydrogens (tertiary/aromatic N) is 2. The number of likely N-dealkylation sites (tertiary alicyclic amines) is 1. The Morgan fingerprint density at radius 1 is 1.44 bits per heavy atom. The molecule has 1 N–H and O–H groups in total. The van der Waals surface area contributed by atoms with Gasteiger partial charge in [-0.1, -0.05) is 13.3 Å². The number of hydrogen-bond acceptors (Lipinski definition) is 6. The lowest BCUT2D eigenvalue weighted by Crippen LogP contribution is -2.36. The Morgan fingerprint density at radius 3 is 2.78 bits per heavy atom. The summed E-state index contributed by atoms with van der Waals surface area (Å²) in [6.45, 7) is 2.36. The van der Waals surface area contributed by atoms with Gasteiger partial charge in [0.2, 0.25) is 5.91 Å². The van der Waals surface area contributed by atoms with E-state index in [0.717, 1.165) is 12.8 Å². The van der Waals surface area contributed by atoms with Crippen molar-refractivity contribution >= 4 is 23.5 Å². The van der Waals surface area contributed by atoms with E-state index < -0.39 is 17.9 Å². The Hall–Kier alpha value is -1.92. The quantitative estimate of drug-likeness (QED) is 0.527. The molecule has 0 saturated carbocycles. The predicted octanol–water partition coefficient (Wildman–Crippen LogP) is -0.728. The SMILES string of the molecule is CCCCN1C(=O)[C@H]2C(C(=O)OC)=NN[C@@H]2C1=O. The van der Waals surface area contributed by atoms with E-state index in [1.807, 2.05) is 6.92 Å². The van der Waals surface area contributed by atoms with E-state index in [0.29, 0.717) is 6.54 Å². The molecule has 0 unspecified atom stereocenters. The maximum Gasteiger partial charge on any atom is 0.355 e. The lowest BCUT2D eigenvalue weighted by Gasteiger charge is -2.14. The van der Waals surface area contributed by atoms with Crippen molar-refractivity contribution in [3.05, 3.63) is 0 Å². The highest BCUT2D eigenvalue weighted by molar-refractivity contribution is 6.43. The van der Waals surface area contributed by atoms with Gasteiger partial charge >= 0.3 is 5.97 Å². The number of hydrazone groups is 1. The zero-order valence-corrected chi connectivity index (χ0v) is 10.3. The number of rotatable bonds is 4. The minimum Gasteiger partial charge on any atom is -0.464 e. The third-order valence-corrected chi connectivity index (χ3v) is 3.15. The van der Waals surface area contributed by atoms with Gasteiger partial charge in [0.25, 0.3) is 5.91 Å². The van der Waals surface area contributed by atoms with Crippen molar-refractivity contribution in [1.82, 2.24) is 10.3 Å². The van der Waals surface area contributed by atoms with Crippen LogP contribution in [0.2, 0.25) is 0 Å². The first kappa shape index (κ1) is 12.5. The highest BCUT2D eigenvalue weighted by Gasteiger charge is 2.54. The number of methoxy groups -OCH3 is 1. The molecule has 0 radical (unpaired) electrons. The number of fused-ring (bicyclic) bond motifs is 1. The number of carbonyl (C=O) groups is 3. The van der Waals surface area contributed by atoms with Gasteiger partial charge in [-0.15, -0.1) is 0 Å². The van der Waals surface area contributed by atoms with Crippen LogP contribution in [0.1, 0.15) is 19.8 Å². The zero-order chi connectivity index (χ0) is 13.3. The third kappa shape index (κ3) is 1.75. The molecule has 18 heavy (non-hydrogen) atoms. The number of carbonyl (C=O) groups excluding carboxylic acids is 3. The summed E-state index contributed by atoms with van der Waals surface area (Å²) >= 11 is 0. The topological polar surface area (TPSA) is 88.1 Å². The average molecular weight is 253 g/mol. The molecular formula is C11H15N3O4. The number of ether oxygens (including phenoxy) is 1. The van der Waals surface area contributed by atoms with Crippen molar-refractivity contribution in [1.29, 1.82) is 0 Å². The van der Waals surface area contributed by atoms with Crippen LogP contribution in [-0.2, 0) is 19.1 Å². The van der Waals surface area contributed by atoms with E-state index in [1.165, 1.54) is 12.0 Å². The maximum atomic E-state index is 12.1. The zero-order valence-electron chi connectivity index (χ0n) is 10.3. The van der Waals surface area contributed by atoms with E-state index in [-0.39, 0.29) is 17.5 Å². The molecule has 2 amide bonds. The molecule has 2 atom stereocenters. The second-order valence-corrected chi connectivity index (χ2v) is 4.25. The van der Waals surface area contributed by atoms with Gasteiger partial charge in [-0.25, -0.2) is 4.79 Å². The molecule has 2 aliphatic heterocycles. The molecule has 0 spiro atoms. The molecule has 2 rings (SSSR count). The molecule has 2 aliphatic rings. The van der Waals surface area contributed by atoms with Crippen molar-refractivity contribution in [3.63, 3.8) is 0 Å². The molecule has 1 fully saturated rings. The number of amides is 2. The second kappa shape index (κ2) is 4.75. The summed E-state index contributed by atoms with van der Waals surface area (Å²) < 4.78 is 4.55. The summed E-state index contributed by atoms with van der Waals surface area (Å²) in [5.74, 6) is -2.19. The Labute approximate surface area is 104 Å². The summed E-state index contributed by atoms with van der Waals surface area (Å²) in [7, 11) is 1.22. The number of esters is 1. The molecular weight excluding hydrogens is 238 g/mol. The number of imide groups is 1. The summed E-state index contributed by atoms with van der Waals surface area (Å²) in [6.07, 6.45) is 1.64. The van der Waals surface area contributed by atoms with Crippen LogP contribution in [0, 0.1) is 5.92 Å². The van der Waals surface area contributed by atoms with Crippen LogP contribution < -0.4 is 5.43 Å². The molecule has 0 aromatic carbocycles. The molecule has 2 heterocycles. The van der Waals surface area contributed by atoms with Crippen LogP contribution in [0.5, 0.6) is 0 Å². The Balaban J connectivity index is 2.18. The van der Waals surface area contributed by atoms with E-state index in [4.69, 9.17) is 0 Å². The lowest BCUT2D eigenvalue weighted by molar-refractivity contribution is -0.140. The van der Waals surface area contributed by atoms with Crippen molar-refractivity contribution in [2.75, 3.05) is 13.7 Å². The molecule has 7 nitrogen and oxygen atoms in total. The van der Waals surface area contributed by atoms with Crippen LogP contribution in [0.3, 0.4) is 0 Å². The van der Waals surface area contributed by atoms with Crippen LogP contribution in [0.15, 0.2) is 5.10 Å². The Morgan fingerprint density at radius 2 is 2.17 bits per heavy atom. The van der Waals surface area contributed by atoms with Crippen molar-refractivity contribution in [3.8, 4) is 0 Å². The van der Waals surface area contributed by atoms with Crippen LogP contribution >= 0.6 is 0 Å². The minimum absolute atomic E-state index is 0.0140. The number of nitrogens with one attached hydrogen (secondary N) is 1. The van der Waals surface area contributed by atoms with Crippen LogP contribution in [-0.4, -0.2) is 48.1 Å². The summed E-state index contributed by atoms with van der Waals surface area (Å²) in [5, 5.41) is 3.73. The van der Waals surface area contributed by atoms with Gasteiger partial charge < -0.3 is 4.74 Å². The summed E-state index contributed by atoms with van der Waals surface area (Å²) in [4.78, 5) is 36.7. The van der Waals surface area contributed by atoms with Gasteiger partial charge in [0.15, 0.2) is 5.71 Å². The molecule has 7 heteroatoms. The van der Waals surface area contributed by atoms with Crippen LogP contribution in [0.4, 0.5) is 0 Å². The molecule has 0 bridgehead atoms. The van der Waals surface area contributed by atoms with Gasteiger partial charge in [0.05, 0.1) is 7.11 Å². The normalized spacial score (nSPS) is 25.9. The monoisotopic (exact) mass is 253 g/mol. The average Bonchev–Trinajstić information content (AvgIpc) is 2.90. The fraction of sp³-hybridized carbons (Fsp3) is 0.636. The van der Waals surface area contributed by atoms with Gasteiger partial charge in [-0.3, -0.25) is 19.9 Å². The Kier molecular flexibility index (Phi) is 3.31. The number of unbranched alkanes of at least 4 members (excludes halogenated alkanes) is 1. The van der Waals surface area contributed by atoms with Gasteiger partial charge in [0.1, 0.15) is 12.0 Å². The van der Waals surface area contributed by atoms with Gasteiger partial charge in [-0.2, -0.15) is 5.10 Å². The van der Waals surface area contributed by atoms with Gasteiger partial charge in [0, 0.05) is 6.54 Å². The fourth-order valence-corrected chi connectivity index (χ4v) is 2.16. The molecule has 1 saturated heterocycles. The fourth-order valence-electron chi connectivity index (χ4n) is 2.16. The van der Waals surface area contributed by atoms with Crippen LogP contribution in [0.25, 0.3) is 0 Å². The first-order valence-electron chi connectivity index (χ1n) is 5.88. The highest BCUT2D eigenvalue weighted by atomic mass is 16.5. The van der Waals surface area contributed by atoms with Crippen molar-refractivity contribution < 1.29 is 19.1 Å². The standard InChI is InChI=1S/C11H15N3O4/c1-3-4-5-14-9(15)6-7(10(14)16)12-13-8(6)11(17)18-2/h6-7,12H,3-5H2,1-2H3/t6-,7+/m1/s1. The first-order valence-corrected chi connectivity index (χ1v) is 5.88. The number of hydrogen-bond donors (Lipinski definition) is 1. The summed E-state index contributed by atoms with van der Waals surface area (Å²) in [6, 6.07) is -0.747. The van der Waals surface area contributed by atoms with E-state index in [9.17, 15) is 14.4 Å². The highest BCUT2D eigenvalue weighted by Crippen LogP contribution is 2.26. The largest absolute Gasteiger partial charge is 0.464 e.